The average Bonchev–Trinajstić information content (AvgIpc) is 2.80. The molecule has 1 amide bonds. The van der Waals surface area contributed by atoms with Crippen LogP contribution >= 0.6 is 15.9 Å². The fraction of sp³-hybridized carbons (Fsp3) is 0.643. The van der Waals surface area contributed by atoms with Crippen molar-refractivity contribution in [1.29, 1.82) is 0 Å². The second-order valence-electron chi connectivity index (χ2n) is 6.03. The summed E-state index contributed by atoms with van der Waals surface area (Å²) in [5, 5.41) is 23.0. The molecule has 22 heavy (non-hydrogen) atoms. The number of nitrogens with zero attached hydrogens (tertiary/aromatic N) is 3. The number of carboxylic acid groups (broad SMARTS) is 2. The Labute approximate surface area is 137 Å². The third kappa shape index (κ3) is 3.11. The lowest BCUT2D eigenvalue weighted by molar-refractivity contribution is -0.151. The van der Waals surface area contributed by atoms with E-state index in [1.54, 1.807) is 10.9 Å². The molecule has 0 saturated carbocycles. The molecule has 2 heterocycles. The van der Waals surface area contributed by atoms with Crippen molar-refractivity contribution in [3.05, 3.63) is 16.4 Å². The van der Waals surface area contributed by atoms with Crippen LogP contribution in [0.5, 0.6) is 0 Å². The first-order chi connectivity index (χ1) is 10.3. The van der Waals surface area contributed by atoms with Crippen molar-refractivity contribution in [2.75, 3.05) is 13.1 Å². The first-order valence-electron chi connectivity index (χ1n) is 7.20. The number of halogens is 1. The monoisotopic (exact) mass is 373 g/mol. The molecule has 1 aliphatic heterocycles. The van der Waals surface area contributed by atoms with Crippen LogP contribution in [0.3, 0.4) is 0 Å². The lowest BCUT2D eigenvalue weighted by Gasteiger charge is -2.37. The standard InChI is InChI=1S/C14H20BrN3O4/c1-9(2)18-11(15)10(8-16-18)7-14(12(19)20)3-5-17(6-4-14)13(21)22/h8-9H,3-7H2,1-2H3,(H,19,20)(H,21,22). The van der Waals surface area contributed by atoms with Gasteiger partial charge in [0.1, 0.15) is 4.60 Å². The summed E-state index contributed by atoms with van der Waals surface area (Å²) in [4.78, 5) is 24.1. The predicted octanol–water partition coefficient (Wildman–Crippen LogP) is 2.61. The third-order valence-corrected chi connectivity index (χ3v) is 5.14. The van der Waals surface area contributed by atoms with Gasteiger partial charge < -0.3 is 15.1 Å². The molecule has 0 atom stereocenters. The lowest BCUT2D eigenvalue weighted by Crippen LogP contribution is -2.47. The largest absolute Gasteiger partial charge is 0.481 e. The van der Waals surface area contributed by atoms with E-state index in [0.717, 1.165) is 10.2 Å². The van der Waals surface area contributed by atoms with Crippen LogP contribution < -0.4 is 0 Å². The van der Waals surface area contributed by atoms with Gasteiger partial charge in [-0.2, -0.15) is 5.10 Å². The quantitative estimate of drug-likeness (QED) is 0.845. The number of likely N-dealkylation sites (tertiary alicyclic amines) is 1. The van der Waals surface area contributed by atoms with Gasteiger partial charge in [0.2, 0.25) is 0 Å². The first kappa shape index (κ1) is 16.8. The molecule has 0 aliphatic carbocycles. The van der Waals surface area contributed by atoms with Crippen LogP contribution in [-0.4, -0.2) is 50.0 Å². The van der Waals surface area contributed by atoms with Crippen LogP contribution in [0, 0.1) is 5.41 Å². The molecule has 2 rings (SSSR count). The maximum absolute atomic E-state index is 11.8. The predicted molar refractivity (Wildman–Crippen MR) is 82.9 cm³/mol. The molecule has 1 fully saturated rings. The molecule has 2 N–H and O–H groups in total. The average molecular weight is 374 g/mol. The molecule has 0 spiro atoms. The Morgan fingerprint density at radius 1 is 1.36 bits per heavy atom. The van der Waals surface area contributed by atoms with Crippen molar-refractivity contribution in [3.63, 3.8) is 0 Å². The molecule has 122 valence electrons. The first-order valence-corrected chi connectivity index (χ1v) is 7.99. The molecule has 1 saturated heterocycles. The Bertz CT molecular complexity index is 577. The Hall–Kier alpha value is -1.57. The summed E-state index contributed by atoms with van der Waals surface area (Å²) in [5.41, 5.74) is -0.0841. The Balaban J connectivity index is 2.20. The van der Waals surface area contributed by atoms with Crippen molar-refractivity contribution in [1.82, 2.24) is 14.7 Å². The second-order valence-corrected chi connectivity index (χ2v) is 6.78. The highest BCUT2D eigenvalue weighted by Crippen LogP contribution is 2.37. The molecule has 1 aliphatic rings. The molecule has 1 aromatic heterocycles. The fourth-order valence-electron chi connectivity index (χ4n) is 2.82. The third-order valence-electron chi connectivity index (χ3n) is 4.27. The van der Waals surface area contributed by atoms with Crippen molar-refractivity contribution >= 4 is 28.0 Å². The number of amides is 1. The molecular formula is C14H20BrN3O4. The van der Waals surface area contributed by atoms with E-state index < -0.39 is 17.5 Å². The lowest BCUT2D eigenvalue weighted by atomic mass is 9.74. The van der Waals surface area contributed by atoms with Crippen LogP contribution in [0.15, 0.2) is 10.8 Å². The smallest absolute Gasteiger partial charge is 0.407 e. The summed E-state index contributed by atoms with van der Waals surface area (Å²) in [6.45, 7) is 4.49. The number of aliphatic carboxylic acids is 1. The van der Waals surface area contributed by atoms with E-state index >= 15 is 0 Å². The van der Waals surface area contributed by atoms with Crippen molar-refractivity contribution < 1.29 is 19.8 Å². The van der Waals surface area contributed by atoms with E-state index in [1.807, 2.05) is 13.8 Å². The van der Waals surface area contributed by atoms with E-state index in [9.17, 15) is 14.7 Å². The minimum Gasteiger partial charge on any atom is -0.481 e. The molecule has 0 unspecified atom stereocenters. The van der Waals surface area contributed by atoms with Gasteiger partial charge in [-0.3, -0.25) is 9.48 Å². The van der Waals surface area contributed by atoms with Crippen LogP contribution in [0.2, 0.25) is 0 Å². The van der Waals surface area contributed by atoms with Gasteiger partial charge in [-0.05, 0) is 49.0 Å². The molecule has 0 bridgehead atoms. The van der Waals surface area contributed by atoms with Crippen molar-refractivity contribution in [3.8, 4) is 0 Å². The van der Waals surface area contributed by atoms with Gasteiger partial charge in [-0.15, -0.1) is 0 Å². The van der Waals surface area contributed by atoms with E-state index in [1.165, 1.54) is 4.90 Å². The van der Waals surface area contributed by atoms with Crippen LogP contribution in [-0.2, 0) is 11.2 Å². The number of aromatic nitrogens is 2. The van der Waals surface area contributed by atoms with Crippen LogP contribution in [0.4, 0.5) is 4.79 Å². The highest BCUT2D eigenvalue weighted by atomic mass is 79.9. The molecule has 1 aromatic rings. The number of piperidine rings is 1. The van der Waals surface area contributed by atoms with E-state index in [4.69, 9.17) is 5.11 Å². The molecule has 8 heteroatoms. The maximum Gasteiger partial charge on any atom is 0.407 e. The Kier molecular flexibility index (Phi) is 4.79. The minimum atomic E-state index is -0.993. The summed E-state index contributed by atoms with van der Waals surface area (Å²) in [6, 6.07) is 0.178. The van der Waals surface area contributed by atoms with Gasteiger partial charge >= 0.3 is 12.1 Å². The van der Waals surface area contributed by atoms with Gasteiger partial charge in [-0.25, -0.2) is 4.79 Å². The highest BCUT2D eigenvalue weighted by molar-refractivity contribution is 9.10. The molecule has 7 nitrogen and oxygen atoms in total. The zero-order chi connectivity index (χ0) is 16.5. The van der Waals surface area contributed by atoms with Crippen LogP contribution in [0.1, 0.15) is 38.3 Å². The zero-order valence-corrected chi connectivity index (χ0v) is 14.2. The van der Waals surface area contributed by atoms with E-state index in [0.29, 0.717) is 19.3 Å². The summed E-state index contributed by atoms with van der Waals surface area (Å²) < 4.78 is 2.60. The highest BCUT2D eigenvalue weighted by Gasteiger charge is 2.43. The van der Waals surface area contributed by atoms with E-state index in [2.05, 4.69) is 21.0 Å². The van der Waals surface area contributed by atoms with Crippen molar-refractivity contribution in [2.24, 2.45) is 5.41 Å². The topological polar surface area (TPSA) is 95.7 Å². The van der Waals surface area contributed by atoms with Gasteiger partial charge in [-0.1, -0.05) is 0 Å². The number of carboxylic acids is 1. The molecule has 0 radical (unpaired) electrons. The second kappa shape index (κ2) is 6.28. The van der Waals surface area contributed by atoms with Gasteiger partial charge in [0.05, 0.1) is 11.6 Å². The Morgan fingerprint density at radius 2 is 1.95 bits per heavy atom. The SMILES string of the molecule is CC(C)n1ncc(CC2(C(=O)O)CCN(C(=O)O)CC2)c1Br. The minimum absolute atomic E-state index is 0.178. The zero-order valence-electron chi connectivity index (χ0n) is 12.6. The summed E-state index contributed by atoms with van der Waals surface area (Å²) in [6.07, 6.45) is 1.68. The van der Waals surface area contributed by atoms with Gasteiger partial charge in [0.15, 0.2) is 0 Å². The normalized spacial score (nSPS) is 17.7. The summed E-state index contributed by atoms with van der Waals surface area (Å²) in [7, 11) is 0. The number of rotatable bonds is 4. The number of carbonyl (C=O) groups is 2. The number of hydrogen-bond donors (Lipinski definition) is 2. The number of hydrogen-bond acceptors (Lipinski definition) is 3. The molecular weight excluding hydrogens is 354 g/mol. The summed E-state index contributed by atoms with van der Waals surface area (Å²) in [5.74, 6) is -0.873. The van der Waals surface area contributed by atoms with Crippen molar-refractivity contribution in [2.45, 2.75) is 39.2 Å². The van der Waals surface area contributed by atoms with Crippen LogP contribution in [0.25, 0.3) is 0 Å². The van der Waals surface area contributed by atoms with Gasteiger partial charge in [0.25, 0.3) is 0 Å². The summed E-state index contributed by atoms with van der Waals surface area (Å²) >= 11 is 3.49. The maximum atomic E-state index is 11.8. The Morgan fingerprint density at radius 3 is 2.36 bits per heavy atom. The van der Waals surface area contributed by atoms with Gasteiger partial charge in [0, 0.05) is 24.7 Å². The van der Waals surface area contributed by atoms with E-state index in [-0.39, 0.29) is 19.1 Å². The fourth-order valence-corrected chi connectivity index (χ4v) is 3.56. The molecule has 0 aromatic carbocycles.